The minimum atomic E-state index is -0.605. The molecule has 0 bridgehead atoms. The second-order valence-corrected chi connectivity index (χ2v) is 13.6. The Morgan fingerprint density at radius 2 is 1.89 bits per heavy atom. The van der Waals surface area contributed by atoms with E-state index in [0.717, 1.165) is 5.56 Å². The highest BCUT2D eigenvalue weighted by Crippen LogP contribution is 2.43. The number of hydrogen-bond donors (Lipinski definition) is 1. The predicted octanol–water partition coefficient (Wildman–Crippen LogP) is 5.34. The van der Waals surface area contributed by atoms with Gasteiger partial charge in [0.2, 0.25) is 5.95 Å². The fourth-order valence-electron chi connectivity index (χ4n) is 6.09. The maximum absolute atomic E-state index is 17.0. The summed E-state index contributed by atoms with van der Waals surface area (Å²) in [4.78, 5) is 30.6. The van der Waals surface area contributed by atoms with Crippen LogP contribution in [0.15, 0.2) is 18.2 Å². The van der Waals surface area contributed by atoms with Gasteiger partial charge < -0.3 is 24.3 Å². The van der Waals surface area contributed by atoms with Crippen molar-refractivity contribution in [2.24, 2.45) is 0 Å². The molecule has 2 aliphatic rings. The van der Waals surface area contributed by atoms with Gasteiger partial charge in [-0.1, -0.05) is 17.7 Å². The number of amides is 1. The zero-order chi connectivity index (χ0) is 32.4. The molecule has 45 heavy (non-hydrogen) atoms. The summed E-state index contributed by atoms with van der Waals surface area (Å²) >= 11 is 6.93. The van der Waals surface area contributed by atoms with Crippen molar-refractivity contribution < 1.29 is 13.9 Å². The number of H-pyrrole nitrogens is 1. The number of halogens is 2. The molecular weight excluding hydrogens is 597 g/mol. The molecule has 2 aromatic carbocycles. The normalized spacial score (nSPS) is 17.7. The largest absolute Gasteiger partial charge is 0.444 e. The zero-order valence-corrected chi connectivity index (χ0v) is 27.3. The van der Waals surface area contributed by atoms with Crippen molar-refractivity contribution in [2.45, 2.75) is 52.3 Å². The lowest BCUT2D eigenvalue weighted by Crippen LogP contribution is -2.58. The van der Waals surface area contributed by atoms with Gasteiger partial charge >= 0.3 is 6.09 Å². The van der Waals surface area contributed by atoms with E-state index < -0.39 is 11.4 Å². The Balaban J connectivity index is 1.48. The van der Waals surface area contributed by atoms with Crippen LogP contribution >= 0.6 is 11.6 Å². The number of ether oxygens (including phenoxy) is 1. The highest BCUT2D eigenvalue weighted by molar-refractivity contribution is 6.35. The number of aromatic nitrogens is 4. The third-order valence-corrected chi connectivity index (χ3v) is 8.87. The van der Waals surface area contributed by atoms with Crippen molar-refractivity contribution in [1.29, 1.82) is 5.26 Å². The van der Waals surface area contributed by atoms with Gasteiger partial charge in [-0.15, -0.1) is 0 Å². The average molecular weight is 634 g/mol. The molecule has 13 heteroatoms. The third-order valence-electron chi connectivity index (χ3n) is 8.58. The lowest BCUT2D eigenvalue weighted by Gasteiger charge is -2.44. The van der Waals surface area contributed by atoms with Gasteiger partial charge in [-0.3, -0.25) is 5.10 Å². The second-order valence-electron chi connectivity index (χ2n) is 13.1. The van der Waals surface area contributed by atoms with Crippen molar-refractivity contribution in [1.82, 2.24) is 30.0 Å². The summed E-state index contributed by atoms with van der Waals surface area (Å²) in [7, 11) is 4.06. The van der Waals surface area contributed by atoms with Crippen LogP contribution < -0.4 is 9.80 Å². The molecule has 1 N–H and O–H groups in total. The summed E-state index contributed by atoms with van der Waals surface area (Å²) in [5.41, 5.74) is 1.72. The molecule has 2 aliphatic heterocycles. The van der Waals surface area contributed by atoms with Crippen LogP contribution in [0.25, 0.3) is 32.9 Å². The number of fused-ring (bicyclic) bond motifs is 2. The molecule has 0 aliphatic carbocycles. The number of nitriles is 1. The maximum atomic E-state index is 17.0. The average Bonchev–Trinajstić information content (AvgIpc) is 3.35. The highest BCUT2D eigenvalue weighted by Gasteiger charge is 2.35. The van der Waals surface area contributed by atoms with E-state index in [9.17, 15) is 10.1 Å². The predicted molar refractivity (Wildman–Crippen MR) is 173 cm³/mol. The number of aromatic amines is 1. The van der Waals surface area contributed by atoms with E-state index in [4.69, 9.17) is 26.3 Å². The quantitative estimate of drug-likeness (QED) is 0.318. The zero-order valence-electron chi connectivity index (χ0n) is 26.6. The number of nitrogens with one attached hydrogen (secondary N) is 1. The van der Waals surface area contributed by atoms with E-state index >= 15 is 4.39 Å². The number of rotatable bonds is 4. The molecule has 4 heterocycles. The Hall–Kier alpha value is -4.21. The third kappa shape index (κ3) is 5.48. The SMILES string of the molecule is Cc1ccc2[nH]nc(C#N)c2c1-c1c(Cl)cc2c(N3CCN(C(=O)OC(C)(C)C)C(C)C3)nc(N3CC(N(C)C)C3)nc2c1F. The minimum absolute atomic E-state index is 0.142. The van der Waals surface area contributed by atoms with Gasteiger partial charge in [-0.2, -0.15) is 15.3 Å². The Labute approximate surface area is 266 Å². The molecule has 2 aromatic heterocycles. The monoisotopic (exact) mass is 633 g/mol. The number of nitrogens with zero attached hydrogens (tertiary/aromatic N) is 8. The van der Waals surface area contributed by atoms with E-state index in [2.05, 4.69) is 26.1 Å². The Morgan fingerprint density at radius 1 is 1.16 bits per heavy atom. The van der Waals surface area contributed by atoms with Gasteiger partial charge in [-0.25, -0.2) is 14.2 Å². The van der Waals surface area contributed by atoms with Gasteiger partial charge in [0.25, 0.3) is 0 Å². The Bertz CT molecular complexity index is 1860. The molecule has 2 fully saturated rings. The number of piperazine rings is 1. The smallest absolute Gasteiger partial charge is 0.410 e. The van der Waals surface area contributed by atoms with Gasteiger partial charge in [0, 0.05) is 66.7 Å². The highest BCUT2D eigenvalue weighted by atomic mass is 35.5. The lowest BCUT2D eigenvalue weighted by molar-refractivity contribution is 0.0158. The Kier molecular flexibility index (Phi) is 7.73. The van der Waals surface area contributed by atoms with Crippen molar-refractivity contribution >= 4 is 51.3 Å². The first-order chi connectivity index (χ1) is 21.3. The molecule has 0 spiro atoms. The summed E-state index contributed by atoms with van der Waals surface area (Å²) in [5.74, 6) is 0.400. The second kappa shape index (κ2) is 11.3. The van der Waals surface area contributed by atoms with Crippen LogP contribution in [0.1, 0.15) is 39.0 Å². The van der Waals surface area contributed by atoms with Crippen LogP contribution in [0, 0.1) is 24.1 Å². The molecule has 6 rings (SSSR count). The number of carbonyl (C=O) groups is 1. The summed E-state index contributed by atoms with van der Waals surface area (Å²) < 4.78 is 22.6. The first-order valence-electron chi connectivity index (χ1n) is 15.0. The van der Waals surface area contributed by atoms with E-state index in [-0.39, 0.29) is 33.9 Å². The van der Waals surface area contributed by atoms with Crippen molar-refractivity contribution in [2.75, 3.05) is 56.6 Å². The summed E-state index contributed by atoms with van der Waals surface area (Å²) in [6, 6.07) is 7.63. The molecule has 1 unspecified atom stereocenters. The van der Waals surface area contributed by atoms with Crippen LogP contribution in [0.3, 0.4) is 0 Å². The molecule has 1 amide bonds. The van der Waals surface area contributed by atoms with Crippen LogP contribution in [0.5, 0.6) is 0 Å². The molecule has 11 nitrogen and oxygen atoms in total. The summed E-state index contributed by atoms with van der Waals surface area (Å²) in [6.07, 6.45) is -0.363. The van der Waals surface area contributed by atoms with Crippen LogP contribution in [-0.2, 0) is 4.74 Å². The summed E-state index contributed by atoms with van der Waals surface area (Å²) in [5, 5.41) is 17.9. The van der Waals surface area contributed by atoms with Crippen LogP contribution in [0.4, 0.5) is 21.0 Å². The number of anilines is 2. The van der Waals surface area contributed by atoms with E-state index in [1.165, 1.54) is 0 Å². The molecule has 2 saturated heterocycles. The molecule has 0 saturated carbocycles. The molecular formula is C32H37ClFN9O2. The van der Waals surface area contributed by atoms with Gasteiger partial charge in [0.15, 0.2) is 11.5 Å². The first kappa shape index (κ1) is 30.8. The van der Waals surface area contributed by atoms with Crippen molar-refractivity contribution in [3.05, 3.63) is 40.3 Å². The lowest BCUT2D eigenvalue weighted by atomic mass is 9.94. The van der Waals surface area contributed by atoms with Gasteiger partial charge in [0.1, 0.15) is 23.0 Å². The number of likely N-dealkylation sites (N-methyl/N-ethyl adjacent to an activating group) is 1. The maximum Gasteiger partial charge on any atom is 0.410 e. The fraction of sp³-hybridized carbons (Fsp3) is 0.469. The van der Waals surface area contributed by atoms with Crippen LogP contribution in [-0.4, -0.2) is 101 Å². The van der Waals surface area contributed by atoms with Crippen LogP contribution in [0.2, 0.25) is 5.02 Å². The molecule has 0 radical (unpaired) electrons. The van der Waals surface area contributed by atoms with E-state index in [0.29, 0.717) is 72.4 Å². The van der Waals surface area contributed by atoms with Gasteiger partial charge in [0.05, 0.1) is 10.5 Å². The van der Waals surface area contributed by atoms with E-state index in [1.807, 2.05) is 65.7 Å². The number of benzene rings is 2. The number of aryl methyl sites for hydroxylation is 1. The topological polar surface area (TPSA) is 118 Å². The van der Waals surface area contributed by atoms with Crippen molar-refractivity contribution in [3.8, 4) is 17.2 Å². The Morgan fingerprint density at radius 3 is 2.53 bits per heavy atom. The van der Waals surface area contributed by atoms with Gasteiger partial charge in [-0.05, 0) is 66.4 Å². The van der Waals surface area contributed by atoms with Crippen molar-refractivity contribution in [3.63, 3.8) is 0 Å². The standard InChI is InChI=1S/C32H37ClFN9O2/c1-17-8-9-22-26(23(13-35)39-38-22)24(17)25-21(33)12-20-28(27(25)34)36-30(42-15-19(16-42)40(6)7)37-29(20)41-10-11-43(18(2)14-41)31(44)45-32(3,4)5/h8-9,12,18-19H,10-11,14-16H2,1-7H3,(H,38,39). The van der Waals surface area contributed by atoms with E-state index in [1.54, 1.807) is 11.0 Å². The fourth-order valence-corrected chi connectivity index (χ4v) is 6.37. The first-order valence-corrected chi connectivity index (χ1v) is 15.4. The molecule has 4 aromatic rings. The minimum Gasteiger partial charge on any atom is -0.444 e. The molecule has 1 atom stereocenters. The number of carbonyl (C=O) groups excluding carboxylic acids is 1. The number of hydrogen-bond acceptors (Lipinski definition) is 9. The summed E-state index contributed by atoms with van der Waals surface area (Å²) in [6.45, 7) is 12.1. The molecule has 236 valence electrons.